The van der Waals surface area contributed by atoms with E-state index in [0.29, 0.717) is 29.1 Å². The van der Waals surface area contributed by atoms with Gasteiger partial charge in [-0.1, -0.05) is 5.21 Å². The number of hydrogen-bond acceptors (Lipinski definition) is 6. The number of rotatable bonds is 4. The fourth-order valence-corrected chi connectivity index (χ4v) is 1.95. The fraction of sp³-hybridized carbons (Fsp3) is 0.154. The molecule has 0 fully saturated rings. The molecule has 8 heteroatoms. The van der Waals surface area contributed by atoms with Crippen LogP contribution in [0.5, 0.6) is 0 Å². The Morgan fingerprint density at radius 2 is 2.05 bits per heavy atom. The van der Waals surface area contributed by atoms with E-state index in [1.165, 1.54) is 6.33 Å². The molecule has 0 spiro atoms. The number of hydrogen-bond donors (Lipinski definition) is 2. The highest BCUT2D eigenvalue weighted by Gasteiger charge is 2.11. The van der Waals surface area contributed by atoms with Crippen LogP contribution in [0, 0.1) is 0 Å². The number of fused-ring (bicyclic) bond motifs is 1. The van der Waals surface area contributed by atoms with Crippen molar-refractivity contribution in [2.45, 2.75) is 13.5 Å². The number of aromatic nitrogens is 5. The summed E-state index contributed by atoms with van der Waals surface area (Å²) in [6, 6.07) is 6.79. The summed E-state index contributed by atoms with van der Waals surface area (Å²) < 4.78 is 1.69. The van der Waals surface area contributed by atoms with Crippen LogP contribution >= 0.6 is 0 Å². The van der Waals surface area contributed by atoms with Crippen molar-refractivity contribution >= 4 is 28.6 Å². The monoisotopic (exact) mass is 283 g/mol. The normalized spacial score (nSPS) is 10.7. The number of nitrogens with zero attached hydrogens (tertiary/aromatic N) is 5. The summed E-state index contributed by atoms with van der Waals surface area (Å²) in [7, 11) is 0. The van der Waals surface area contributed by atoms with Gasteiger partial charge in [0.15, 0.2) is 17.0 Å². The van der Waals surface area contributed by atoms with E-state index in [0.717, 1.165) is 5.69 Å². The van der Waals surface area contributed by atoms with Gasteiger partial charge in [0.25, 0.3) is 0 Å². The molecule has 3 aromatic rings. The van der Waals surface area contributed by atoms with E-state index in [4.69, 9.17) is 5.73 Å². The molecular weight excluding hydrogens is 270 g/mol. The summed E-state index contributed by atoms with van der Waals surface area (Å²) in [6.07, 6.45) is 1.46. The van der Waals surface area contributed by atoms with Crippen molar-refractivity contribution in [2.75, 3.05) is 5.32 Å². The van der Waals surface area contributed by atoms with Crippen LogP contribution in [0.3, 0.4) is 0 Å². The molecule has 2 aromatic heterocycles. The molecule has 106 valence electrons. The van der Waals surface area contributed by atoms with Crippen LogP contribution in [0.1, 0.15) is 17.3 Å². The molecule has 0 aliphatic rings. The van der Waals surface area contributed by atoms with Crippen molar-refractivity contribution in [1.29, 1.82) is 0 Å². The highest BCUT2D eigenvalue weighted by atomic mass is 16.1. The van der Waals surface area contributed by atoms with Crippen molar-refractivity contribution in [1.82, 2.24) is 25.0 Å². The molecule has 0 aliphatic carbocycles. The zero-order valence-corrected chi connectivity index (χ0v) is 11.3. The molecule has 3 N–H and O–H groups in total. The molecule has 0 aliphatic heterocycles. The second-order valence-electron chi connectivity index (χ2n) is 4.37. The number of benzene rings is 1. The first-order valence-electron chi connectivity index (χ1n) is 6.40. The summed E-state index contributed by atoms with van der Waals surface area (Å²) in [5.41, 5.74) is 7.69. The Labute approximate surface area is 120 Å². The zero-order valence-electron chi connectivity index (χ0n) is 11.3. The summed E-state index contributed by atoms with van der Waals surface area (Å²) in [5.74, 6) is 0.100. The third-order valence-corrected chi connectivity index (χ3v) is 3.03. The van der Waals surface area contributed by atoms with Gasteiger partial charge in [-0.05, 0) is 31.2 Å². The minimum Gasteiger partial charge on any atom is -0.366 e. The number of aryl methyl sites for hydroxylation is 1. The number of amides is 1. The lowest BCUT2D eigenvalue weighted by Gasteiger charge is -2.06. The molecular formula is C13H13N7O. The van der Waals surface area contributed by atoms with Crippen LogP contribution < -0.4 is 11.1 Å². The van der Waals surface area contributed by atoms with Gasteiger partial charge in [0.1, 0.15) is 6.33 Å². The average Bonchev–Trinajstić information content (AvgIpc) is 2.92. The summed E-state index contributed by atoms with van der Waals surface area (Å²) in [4.78, 5) is 19.4. The molecule has 2 heterocycles. The average molecular weight is 283 g/mol. The molecule has 0 atom stereocenters. The lowest BCUT2D eigenvalue weighted by molar-refractivity contribution is 0.100. The van der Waals surface area contributed by atoms with Gasteiger partial charge in [0.2, 0.25) is 5.91 Å². The summed E-state index contributed by atoms with van der Waals surface area (Å²) >= 11 is 0. The first-order chi connectivity index (χ1) is 10.2. The van der Waals surface area contributed by atoms with E-state index in [1.807, 2.05) is 6.92 Å². The van der Waals surface area contributed by atoms with Crippen molar-refractivity contribution in [3.05, 3.63) is 36.2 Å². The van der Waals surface area contributed by atoms with E-state index in [1.54, 1.807) is 28.9 Å². The zero-order chi connectivity index (χ0) is 14.8. The molecule has 0 saturated heterocycles. The van der Waals surface area contributed by atoms with Gasteiger partial charge in [0, 0.05) is 17.8 Å². The van der Waals surface area contributed by atoms with Crippen LogP contribution in [-0.4, -0.2) is 30.9 Å². The van der Waals surface area contributed by atoms with Crippen LogP contribution in [0.25, 0.3) is 11.2 Å². The second kappa shape index (κ2) is 5.16. The van der Waals surface area contributed by atoms with Crippen LogP contribution in [0.2, 0.25) is 0 Å². The van der Waals surface area contributed by atoms with Gasteiger partial charge < -0.3 is 11.1 Å². The predicted octanol–water partition coefficient (Wildman–Crippen LogP) is 1.08. The van der Waals surface area contributed by atoms with E-state index >= 15 is 0 Å². The highest BCUT2D eigenvalue weighted by Crippen LogP contribution is 2.21. The third-order valence-electron chi connectivity index (χ3n) is 3.03. The molecule has 0 radical (unpaired) electrons. The first-order valence-corrected chi connectivity index (χ1v) is 6.40. The molecule has 3 rings (SSSR count). The summed E-state index contributed by atoms with van der Waals surface area (Å²) in [6.45, 7) is 2.64. The summed E-state index contributed by atoms with van der Waals surface area (Å²) in [5, 5.41) is 11.2. The number of anilines is 2. The first kappa shape index (κ1) is 13.0. The van der Waals surface area contributed by atoms with Crippen molar-refractivity contribution in [2.24, 2.45) is 5.73 Å². The number of primary amides is 1. The Kier molecular flexibility index (Phi) is 3.19. The molecule has 1 aromatic carbocycles. The standard InChI is InChI=1S/C13H13N7O/c1-2-20-13-10(18-19-20)12(15-7-16-13)17-9-5-3-8(4-6-9)11(14)21/h3-7H,2H2,1H3,(H2,14,21)(H,15,16,17). The van der Waals surface area contributed by atoms with Crippen molar-refractivity contribution < 1.29 is 4.79 Å². The van der Waals surface area contributed by atoms with E-state index in [-0.39, 0.29) is 0 Å². The maximum absolute atomic E-state index is 11.0. The molecule has 8 nitrogen and oxygen atoms in total. The topological polar surface area (TPSA) is 112 Å². The number of nitrogens with two attached hydrogens (primary N) is 1. The minimum atomic E-state index is -0.461. The smallest absolute Gasteiger partial charge is 0.248 e. The van der Waals surface area contributed by atoms with Gasteiger partial charge in [-0.25, -0.2) is 14.6 Å². The van der Waals surface area contributed by atoms with E-state index in [9.17, 15) is 4.79 Å². The SMILES string of the molecule is CCn1nnc2c(Nc3ccc(C(N)=O)cc3)ncnc21. The van der Waals surface area contributed by atoms with Gasteiger partial charge in [-0.15, -0.1) is 5.10 Å². The fourth-order valence-electron chi connectivity index (χ4n) is 1.95. The third kappa shape index (κ3) is 2.38. The van der Waals surface area contributed by atoms with Gasteiger partial charge in [0.05, 0.1) is 0 Å². The Morgan fingerprint density at radius 1 is 1.29 bits per heavy atom. The van der Waals surface area contributed by atoms with Crippen molar-refractivity contribution in [3.8, 4) is 0 Å². The van der Waals surface area contributed by atoms with Gasteiger partial charge in [-0.2, -0.15) is 0 Å². The van der Waals surface area contributed by atoms with Gasteiger partial charge >= 0.3 is 0 Å². The van der Waals surface area contributed by atoms with Gasteiger partial charge in [-0.3, -0.25) is 4.79 Å². The second-order valence-corrected chi connectivity index (χ2v) is 4.37. The number of carbonyl (C=O) groups is 1. The maximum Gasteiger partial charge on any atom is 0.248 e. The molecule has 0 saturated carbocycles. The maximum atomic E-state index is 11.0. The van der Waals surface area contributed by atoms with Crippen LogP contribution in [0.4, 0.5) is 11.5 Å². The number of nitrogens with one attached hydrogen (secondary N) is 1. The predicted molar refractivity (Wildman–Crippen MR) is 77.0 cm³/mol. The van der Waals surface area contributed by atoms with Crippen LogP contribution in [0.15, 0.2) is 30.6 Å². The molecule has 0 unspecified atom stereocenters. The largest absolute Gasteiger partial charge is 0.366 e. The molecule has 1 amide bonds. The molecule has 21 heavy (non-hydrogen) atoms. The van der Waals surface area contributed by atoms with E-state index in [2.05, 4.69) is 25.6 Å². The molecule has 0 bridgehead atoms. The lowest BCUT2D eigenvalue weighted by Crippen LogP contribution is -2.10. The lowest BCUT2D eigenvalue weighted by atomic mass is 10.2. The quantitative estimate of drug-likeness (QED) is 0.741. The number of carbonyl (C=O) groups excluding carboxylic acids is 1. The Hall–Kier alpha value is -3.03. The van der Waals surface area contributed by atoms with E-state index < -0.39 is 5.91 Å². The Morgan fingerprint density at radius 3 is 2.71 bits per heavy atom. The van der Waals surface area contributed by atoms with Crippen LogP contribution in [-0.2, 0) is 6.54 Å². The Balaban J connectivity index is 1.94. The minimum absolute atomic E-state index is 0.449. The highest BCUT2D eigenvalue weighted by molar-refractivity contribution is 5.93. The Bertz CT molecular complexity index is 794. The van der Waals surface area contributed by atoms with Crippen molar-refractivity contribution in [3.63, 3.8) is 0 Å².